The predicted octanol–water partition coefficient (Wildman–Crippen LogP) is 2.91. The lowest BCUT2D eigenvalue weighted by Gasteiger charge is -2.18. The number of benzene rings is 2. The highest BCUT2D eigenvalue weighted by Crippen LogP contribution is 2.18. The molecule has 0 aromatic heterocycles. The van der Waals surface area contributed by atoms with Gasteiger partial charge in [-0.3, -0.25) is 0 Å². The normalized spacial score (nSPS) is 11.0. The topological polar surface area (TPSA) is 75.7 Å². The Labute approximate surface area is 152 Å². The van der Waals surface area contributed by atoms with Crippen LogP contribution in [0.3, 0.4) is 0 Å². The lowest BCUT2D eigenvalue weighted by molar-refractivity contribution is 0.220. The summed E-state index contributed by atoms with van der Waals surface area (Å²) in [6.45, 7) is 0.372. The van der Waals surface area contributed by atoms with Crippen molar-refractivity contribution < 1.29 is 22.3 Å². The van der Waals surface area contributed by atoms with Crippen LogP contribution in [0.15, 0.2) is 48.5 Å². The Hall–Kier alpha value is -2.61. The number of halogens is 1. The summed E-state index contributed by atoms with van der Waals surface area (Å²) in [6, 6.07) is 12.3. The van der Waals surface area contributed by atoms with E-state index in [1.165, 1.54) is 17.0 Å². The van der Waals surface area contributed by atoms with Gasteiger partial charge in [-0.25, -0.2) is 17.6 Å². The summed E-state index contributed by atoms with van der Waals surface area (Å²) in [4.78, 5) is 13.7. The summed E-state index contributed by atoms with van der Waals surface area (Å²) in [5, 5.41) is 2.74. The van der Waals surface area contributed by atoms with Crippen LogP contribution in [-0.4, -0.2) is 45.0 Å². The molecule has 0 atom stereocenters. The van der Waals surface area contributed by atoms with Crippen molar-refractivity contribution in [2.75, 3.05) is 31.0 Å². The Kier molecular flexibility index (Phi) is 6.57. The third-order valence-electron chi connectivity index (χ3n) is 3.49. The van der Waals surface area contributed by atoms with Crippen LogP contribution >= 0.6 is 0 Å². The molecule has 0 aliphatic rings. The van der Waals surface area contributed by atoms with Crippen LogP contribution in [0.1, 0.15) is 5.56 Å². The van der Waals surface area contributed by atoms with E-state index in [0.29, 0.717) is 18.0 Å². The van der Waals surface area contributed by atoms with E-state index in [-0.39, 0.29) is 24.2 Å². The molecule has 0 aliphatic carbocycles. The smallest absolute Gasteiger partial charge is 0.321 e. The van der Waals surface area contributed by atoms with Crippen molar-refractivity contribution in [1.29, 1.82) is 0 Å². The first-order valence-electron chi connectivity index (χ1n) is 7.90. The molecule has 2 amide bonds. The number of nitrogens with zero attached hydrogens (tertiary/aromatic N) is 1. The Morgan fingerprint density at radius 3 is 2.54 bits per heavy atom. The highest BCUT2D eigenvalue weighted by molar-refractivity contribution is 7.90. The molecule has 1 N–H and O–H groups in total. The first kappa shape index (κ1) is 19.7. The maximum Gasteiger partial charge on any atom is 0.321 e. The molecule has 0 saturated heterocycles. The van der Waals surface area contributed by atoms with Crippen LogP contribution in [0.4, 0.5) is 14.9 Å². The lowest BCUT2D eigenvalue weighted by Crippen LogP contribution is -2.30. The molecule has 0 aliphatic heterocycles. The Morgan fingerprint density at radius 1 is 1.19 bits per heavy atom. The van der Waals surface area contributed by atoms with Crippen LogP contribution in [0.5, 0.6) is 5.75 Å². The van der Waals surface area contributed by atoms with Gasteiger partial charge in [0.1, 0.15) is 18.2 Å². The Balaban J connectivity index is 1.91. The van der Waals surface area contributed by atoms with Gasteiger partial charge in [0.15, 0.2) is 9.84 Å². The van der Waals surface area contributed by atoms with Crippen LogP contribution in [-0.2, 0) is 16.4 Å². The quantitative estimate of drug-likeness (QED) is 0.801. The van der Waals surface area contributed by atoms with Gasteiger partial charge >= 0.3 is 6.03 Å². The third-order valence-corrected chi connectivity index (χ3v) is 4.40. The van der Waals surface area contributed by atoms with Gasteiger partial charge in [-0.1, -0.05) is 18.2 Å². The van der Waals surface area contributed by atoms with Crippen molar-refractivity contribution in [3.05, 3.63) is 59.9 Å². The highest BCUT2D eigenvalue weighted by atomic mass is 32.2. The number of carbonyl (C=O) groups excluding carboxylic acids is 1. The second kappa shape index (κ2) is 8.66. The summed E-state index contributed by atoms with van der Waals surface area (Å²) in [7, 11) is -1.46. The van der Waals surface area contributed by atoms with Gasteiger partial charge in [0.25, 0.3) is 0 Å². The molecule has 26 heavy (non-hydrogen) atoms. The van der Waals surface area contributed by atoms with Crippen molar-refractivity contribution in [1.82, 2.24) is 4.90 Å². The minimum Gasteiger partial charge on any atom is -0.492 e. The summed E-state index contributed by atoms with van der Waals surface area (Å²) in [5.41, 5.74) is 1.33. The van der Waals surface area contributed by atoms with Crippen LogP contribution in [0, 0.1) is 5.82 Å². The van der Waals surface area contributed by atoms with E-state index < -0.39 is 9.84 Å². The van der Waals surface area contributed by atoms with Gasteiger partial charge < -0.3 is 15.0 Å². The van der Waals surface area contributed by atoms with Gasteiger partial charge in [0.2, 0.25) is 0 Å². The van der Waals surface area contributed by atoms with Gasteiger partial charge in [-0.15, -0.1) is 0 Å². The number of sulfone groups is 1. The number of urea groups is 1. The molecule has 0 saturated carbocycles. The third kappa shape index (κ3) is 6.72. The number of amides is 2. The molecule has 2 aromatic carbocycles. The molecule has 0 radical (unpaired) electrons. The number of nitrogens with one attached hydrogen (secondary N) is 1. The van der Waals surface area contributed by atoms with Crippen LogP contribution < -0.4 is 10.1 Å². The average molecular weight is 380 g/mol. The number of carbonyl (C=O) groups is 1. The van der Waals surface area contributed by atoms with E-state index in [1.54, 1.807) is 43.4 Å². The van der Waals surface area contributed by atoms with E-state index >= 15 is 0 Å². The Morgan fingerprint density at radius 2 is 1.88 bits per heavy atom. The average Bonchev–Trinajstić information content (AvgIpc) is 2.56. The molecule has 0 spiro atoms. The van der Waals surface area contributed by atoms with Crippen molar-refractivity contribution in [2.24, 2.45) is 0 Å². The molecule has 6 nitrogen and oxygen atoms in total. The fourth-order valence-corrected chi connectivity index (χ4v) is 2.51. The predicted molar refractivity (Wildman–Crippen MR) is 98.5 cm³/mol. The lowest BCUT2D eigenvalue weighted by atomic mass is 10.2. The summed E-state index contributed by atoms with van der Waals surface area (Å²) in [6.07, 6.45) is 1.14. The zero-order valence-corrected chi connectivity index (χ0v) is 15.4. The Bertz CT molecular complexity index is 854. The van der Waals surface area contributed by atoms with Gasteiger partial charge in [-0.2, -0.15) is 0 Å². The van der Waals surface area contributed by atoms with Gasteiger partial charge in [0, 0.05) is 31.6 Å². The molecule has 2 aromatic rings. The molecular weight excluding hydrogens is 359 g/mol. The fourth-order valence-electron chi connectivity index (χ4n) is 2.13. The van der Waals surface area contributed by atoms with Crippen molar-refractivity contribution in [3.8, 4) is 5.75 Å². The molecule has 0 bridgehead atoms. The number of ether oxygens (including phenoxy) is 1. The van der Waals surface area contributed by atoms with E-state index in [0.717, 1.165) is 11.8 Å². The molecule has 8 heteroatoms. The summed E-state index contributed by atoms with van der Waals surface area (Å²) in [5.74, 6) is 0.0606. The molecule has 2 rings (SSSR count). The first-order valence-corrected chi connectivity index (χ1v) is 9.96. The monoisotopic (exact) mass is 380 g/mol. The largest absolute Gasteiger partial charge is 0.492 e. The van der Waals surface area contributed by atoms with Gasteiger partial charge in [0.05, 0.1) is 5.75 Å². The number of hydrogen-bond donors (Lipinski definition) is 1. The van der Waals surface area contributed by atoms with E-state index in [4.69, 9.17) is 4.74 Å². The minimum absolute atomic E-state index is 0.0424. The molecule has 0 unspecified atom stereocenters. The first-order chi connectivity index (χ1) is 12.2. The number of rotatable bonds is 7. The number of anilines is 1. The van der Waals surface area contributed by atoms with Crippen molar-refractivity contribution >= 4 is 21.6 Å². The minimum atomic E-state index is -3.09. The molecule has 140 valence electrons. The zero-order valence-electron chi connectivity index (χ0n) is 14.6. The van der Waals surface area contributed by atoms with E-state index in [9.17, 15) is 17.6 Å². The highest BCUT2D eigenvalue weighted by Gasteiger charge is 2.10. The van der Waals surface area contributed by atoms with E-state index in [2.05, 4.69) is 5.32 Å². The standard InChI is InChI=1S/C18H21FN2O4S/c1-21(13-14-6-8-15(19)9-7-14)18(22)20-16-4-3-5-17(12-16)25-10-11-26(2,23)24/h3-9,12H,10-11,13H2,1-2H3,(H,20,22). The zero-order chi connectivity index (χ0) is 19.2. The fraction of sp³-hybridized carbons (Fsp3) is 0.278. The van der Waals surface area contributed by atoms with Crippen LogP contribution in [0.2, 0.25) is 0 Å². The van der Waals surface area contributed by atoms with Crippen molar-refractivity contribution in [2.45, 2.75) is 6.54 Å². The van der Waals surface area contributed by atoms with E-state index in [1.807, 2.05) is 0 Å². The van der Waals surface area contributed by atoms with Crippen molar-refractivity contribution in [3.63, 3.8) is 0 Å². The summed E-state index contributed by atoms with van der Waals surface area (Å²) < 4.78 is 40.5. The maximum absolute atomic E-state index is 12.9. The van der Waals surface area contributed by atoms with Crippen LogP contribution in [0.25, 0.3) is 0 Å². The maximum atomic E-state index is 12.9. The molecule has 0 fully saturated rings. The second-order valence-corrected chi connectivity index (χ2v) is 8.18. The SMILES string of the molecule is CN(Cc1ccc(F)cc1)C(=O)Nc1cccc(OCCS(C)(=O)=O)c1. The van der Waals surface area contributed by atoms with Gasteiger partial charge in [-0.05, 0) is 29.8 Å². The molecule has 0 heterocycles. The molecular formula is C18H21FN2O4S. The second-order valence-electron chi connectivity index (χ2n) is 5.92. The summed E-state index contributed by atoms with van der Waals surface area (Å²) >= 11 is 0. The number of hydrogen-bond acceptors (Lipinski definition) is 4.